The molecule has 0 aromatic rings. The van der Waals surface area contributed by atoms with Crippen LogP contribution in [-0.2, 0) is 9.59 Å². The summed E-state index contributed by atoms with van der Waals surface area (Å²) in [4.78, 5) is 25.1. The Labute approximate surface area is 100 Å². The van der Waals surface area contributed by atoms with E-state index in [2.05, 4.69) is 5.32 Å². The first-order valence-corrected chi connectivity index (χ1v) is 7.13. The number of nitrogens with one attached hydrogen (secondary N) is 1. The fourth-order valence-electron chi connectivity index (χ4n) is 2.14. The summed E-state index contributed by atoms with van der Waals surface area (Å²) in [6.45, 7) is 2.05. The van der Waals surface area contributed by atoms with Gasteiger partial charge in [-0.05, 0) is 26.0 Å². The molecule has 4 nitrogen and oxygen atoms in total. The number of rotatable bonds is 5. The lowest BCUT2D eigenvalue weighted by Crippen LogP contribution is -2.44. The van der Waals surface area contributed by atoms with E-state index in [9.17, 15) is 9.59 Å². The minimum Gasteiger partial charge on any atom is -0.302 e. The van der Waals surface area contributed by atoms with Crippen LogP contribution >= 0.6 is 11.8 Å². The minimum atomic E-state index is -0.282. The molecule has 2 fully saturated rings. The van der Waals surface area contributed by atoms with Gasteiger partial charge in [-0.15, -0.1) is 0 Å². The standard InChI is InChI=1S/C11H18N2O2S/c1-7(6-16-2)12-9-5-10(14)13(11(9)15)8-3-4-8/h7-9,12H,3-6H2,1-2H3. The highest BCUT2D eigenvalue weighted by Crippen LogP contribution is 2.31. The number of likely N-dealkylation sites (tertiary alicyclic amines) is 1. The maximum absolute atomic E-state index is 12.0. The van der Waals surface area contributed by atoms with E-state index in [1.807, 2.05) is 13.2 Å². The predicted molar refractivity (Wildman–Crippen MR) is 64.3 cm³/mol. The SMILES string of the molecule is CSCC(C)NC1CC(=O)N(C2CC2)C1=O. The monoisotopic (exact) mass is 242 g/mol. The summed E-state index contributed by atoms with van der Waals surface area (Å²) in [6.07, 6.45) is 4.36. The number of carbonyl (C=O) groups is 2. The maximum atomic E-state index is 12.0. The average Bonchev–Trinajstić information content (AvgIpc) is 2.97. The first-order chi connectivity index (χ1) is 7.63. The zero-order valence-corrected chi connectivity index (χ0v) is 10.5. The van der Waals surface area contributed by atoms with Gasteiger partial charge in [0.1, 0.15) is 0 Å². The molecule has 0 aromatic heterocycles. The van der Waals surface area contributed by atoms with Crippen LogP contribution in [0.4, 0.5) is 0 Å². The topological polar surface area (TPSA) is 49.4 Å². The smallest absolute Gasteiger partial charge is 0.247 e. The number of amides is 2. The molecule has 2 amide bonds. The van der Waals surface area contributed by atoms with Crippen molar-refractivity contribution < 1.29 is 9.59 Å². The molecule has 1 N–H and O–H groups in total. The minimum absolute atomic E-state index is 0.00125. The average molecular weight is 242 g/mol. The third kappa shape index (κ3) is 2.40. The molecule has 0 bridgehead atoms. The lowest BCUT2D eigenvalue weighted by molar-refractivity contribution is -0.139. The molecule has 2 aliphatic rings. The summed E-state index contributed by atoms with van der Waals surface area (Å²) in [5, 5.41) is 3.24. The summed E-state index contributed by atoms with van der Waals surface area (Å²) in [6, 6.07) is 0.203. The van der Waals surface area contributed by atoms with Crippen molar-refractivity contribution in [3.63, 3.8) is 0 Å². The summed E-state index contributed by atoms with van der Waals surface area (Å²) in [7, 11) is 0. The largest absolute Gasteiger partial charge is 0.302 e. The van der Waals surface area contributed by atoms with Crippen molar-refractivity contribution in [2.75, 3.05) is 12.0 Å². The van der Waals surface area contributed by atoms with Crippen molar-refractivity contribution in [2.45, 2.75) is 44.3 Å². The molecular formula is C11H18N2O2S. The number of hydrogen-bond acceptors (Lipinski definition) is 4. The van der Waals surface area contributed by atoms with Gasteiger partial charge in [-0.25, -0.2) is 0 Å². The Morgan fingerprint density at radius 3 is 2.75 bits per heavy atom. The Kier molecular flexibility index (Phi) is 3.54. The fourth-order valence-corrected chi connectivity index (χ4v) is 2.74. The van der Waals surface area contributed by atoms with E-state index >= 15 is 0 Å². The van der Waals surface area contributed by atoms with Gasteiger partial charge in [0.25, 0.3) is 0 Å². The van der Waals surface area contributed by atoms with Crippen LogP contribution in [0.1, 0.15) is 26.2 Å². The highest BCUT2D eigenvalue weighted by atomic mass is 32.2. The highest BCUT2D eigenvalue weighted by Gasteiger charge is 2.46. The van der Waals surface area contributed by atoms with Crippen molar-refractivity contribution in [3.8, 4) is 0 Å². The van der Waals surface area contributed by atoms with Crippen LogP contribution < -0.4 is 5.32 Å². The van der Waals surface area contributed by atoms with Crippen LogP contribution in [0.25, 0.3) is 0 Å². The van der Waals surface area contributed by atoms with Crippen LogP contribution in [0.5, 0.6) is 0 Å². The highest BCUT2D eigenvalue weighted by molar-refractivity contribution is 7.98. The first kappa shape index (κ1) is 11.9. The molecule has 0 aromatic carbocycles. The van der Waals surface area contributed by atoms with Gasteiger partial charge in [-0.1, -0.05) is 0 Å². The molecule has 1 aliphatic carbocycles. The van der Waals surface area contributed by atoms with Crippen LogP contribution in [-0.4, -0.2) is 46.8 Å². The summed E-state index contributed by atoms with van der Waals surface area (Å²) >= 11 is 1.74. The van der Waals surface area contributed by atoms with E-state index in [4.69, 9.17) is 0 Å². The van der Waals surface area contributed by atoms with E-state index in [0.717, 1.165) is 18.6 Å². The number of carbonyl (C=O) groups excluding carboxylic acids is 2. The van der Waals surface area contributed by atoms with Crippen molar-refractivity contribution in [1.82, 2.24) is 10.2 Å². The lowest BCUT2D eigenvalue weighted by Gasteiger charge is -2.18. The summed E-state index contributed by atoms with van der Waals surface area (Å²) in [5.41, 5.74) is 0. The predicted octanol–water partition coefficient (Wildman–Crippen LogP) is 0.617. The fraction of sp³-hybridized carbons (Fsp3) is 0.818. The van der Waals surface area contributed by atoms with Crippen LogP contribution in [0.15, 0.2) is 0 Å². The third-order valence-corrected chi connectivity index (χ3v) is 3.83. The second-order valence-corrected chi connectivity index (χ2v) is 5.52. The second kappa shape index (κ2) is 4.75. The van der Waals surface area contributed by atoms with Gasteiger partial charge in [0, 0.05) is 17.8 Å². The number of hydrogen-bond donors (Lipinski definition) is 1. The molecule has 5 heteroatoms. The number of thioether (sulfide) groups is 1. The van der Waals surface area contributed by atoms with Crippen molar-refractivity contribution in [1.29, 1.82) is 0 Å². The second-order valence-electron chi connectivity index (χ2n) is 4.61. The molecular weight excluding hydrogens is 224 g/mol. The quantitative estimate of drug-likeness (QED) is 0.718. The van der Waals surface area contributed by atoms with Crippen LogP contribution in [0.2, 0.25) is 0 Å². The Bertz CT molecular complexity index is 304. The molecule has 1 saturated heterocycles. The molecule has 0 spiro atoms. The summed E-state index contributed by atoms with van der Waals surface area (Å²) in [5.74, 6) is 0.948. The third-order valence-electron chi connectivity index (χ3n) is 3.00. The Hall–Kier alpha value is -0.550. The molecule has 2 rings (SSSR count). The van der Waals surface area contributed by atoms with Gasteiger partial charge in [0.2, 0.25) is 11.8 Å². The molecule has 0 radical (unpaired) electrons. The Morgan fingerprint density at radius 1 is 1.50 bits per heavy atom. The van der Waals surface area contributed by atoms with Crippen molar-refractivity contribution in [2.24, 2.45) is 0 Å². The summed E-state index contributed by atoms with van der Waals surface area (Å²) < 4.78 is 0. The van der Waals surface area contributed by atoms with Gasteiger partial charge >= 0.3 is 0 Å². The van der Waals surface area contributed by atoms with Crippen LogP contribution in [0.3, 0.4) is 0 Å². The Balaban J connectivity index is 1.92. The number of imide groups is 1. The van der Waals surface area contributed by atoms with E-state index in [1.165, 1.54) is 4.90 Å². The van der Waals surface area contributed by atoms with Gasteiger partial charge in [0.05, 0.1) is 12.5 Å². The van der Waals surface area contributed by atoms with E-state index in [1.54, 1.807) is 11.8 Å². The Morgan fingerprint density at radius 2 is 2.19 bits per heavy atom. The van der Waals surface area contributed by atoms with Gasteiger partial charge in [-0.3, -0.25) is 14.5 Å². The van der Waals surface area contributed by atoms with E-state index in [-0.39, 0.29) is 29.9 Å². The molecule has 1 saturated carbocycles. The zero-order chi connectivity index (χ0) is 11.7. The first-order valence-electron chi connectivity index (χ1n) is 5.74. The van der Waals surface area contributed by atoms with Gasteiger partial charge in [0.15, 0.2) is 0 Å². The lowest BCUT2D eigenvalue weighted by atomic mass is 10.2. The van der Waals surface area contributed by atoms with Gasteiger partial charge < -0.3 is 5.32 Å². The molecule has 2 atom stereocenters. The van der Waals surface area contributed by atoms with Gasteiger partial charge in [-0.2, -0.15) is 11.8 Å². The molecule has 1 heterocycles. The molecule has 1 aliphatic heterocycles. The molecule has 16 heavy (non-hydrogen) atoms. The van der Waals surface area contributed by atoms with Crippen molar-refractivity contribution >= 4 is 23.6 Å². The van der Waals surface area contributed by atoms with Crippen LogP contribution in [0, 0.1) is 0 Å². The van der Waals surface area contributed by atoms with Crippen molar-refractivity contribution in [3.05, 3.63) is 0 Å². The number of nitrogens with zero attached hydrogens (tertiary/aromatic N) is 1. The maximum Gasteiger partial charge on any atom is 0.247 e. The van der Waals surface area contributed by atoms with E-state index < -0.39 is 0 Å². The molecule has 90 valence electrons. The zero-order valence-electron chi connectivity index (χ0n) is 9.73. The van der Waals surface area contributed by atoms with E-state index in [0.29, 0.717) is 6.42 Å². The molecule has 2 unspecified atom stereocenters. The normalized spacial score (nSPS) is 27.6.